The van der Waals surface area contributed by atoms with Gasteiger partial charge in [-0.05, 0) is 0 Å². The molecule has 11 heavy (non-hydrogen) atoms. The fourth-order valence-electron chi connectivity index (χ4n) is 1.57. The van der Waals surface area contributed by atoms with Crippen LogP contribution >= 0.6 is 0 Å². The summed E-state index contributed by atoms with van der Waals surface area (Å²) in [7, 11) is 1.60. The van der Waals surface area contributed by atoms with E-state index in [0.717, 1.165) is 0 Å². The van der Waals surface area contributed by atoms with Gasteiger partial charge in [-0.15, -0.1) is 0 Å². The third-order valence-corrected chi connectivity index (χ3v) is 2.25. The zero-order valence-electron chi connectivity index (χ0n) is 6.40. The van der Waals surface area contributed by atoms with E-state index in [4.69, 9.17) is 14.2 Å². The smallest absolute Gasteiger partial charge is 0.160 e. The Hall–Kier alpha value is -0.160. The molecule has 0 radical (unpaired) electrons. The van der Waals surface area contributed by atoms with E-state index in [-0.39, 0.29) is 18.5 Å². The Morgan fingerprint density at radius 1 is 1.45 bits per heavy atom. The van der Waals surface area contributed by atoms with Crippen LogP contribution in [0.15, 0.2) is 0 Å². The normalized spacial score (nSPS) is 49.6. The van der Waals surface area contributed by atoms with Crippen molar-refractivity contribution < 1.29 is 19.3 Å². The van der Waals surface area contributed by atoms with Gasteiger partial charge in [-0.3, -0.25) is 0 Å². The zero-order chi connectivity index (χ0) is 7.84. The molecule has 2 aliphatic heterocycles. The van der Waals surface area contributed by atoms with Gasteiger partial charge in [0.1, 0.15) is 12.2 Å². The molecular formula is C7H12O4. The molecule has 0 aliphatic carbocycles. The van der Waals surface area contributed by atoms with Crippen molar-refractivity contribution in [1.82, 2.24) is 0 Å². The van der Waals surface area contributed by atoms with Crippen molar-refractivity contribution in [3.63, 3.8) is 0 Å². The quantitative estimate of drug-likeness (QED) is 0.562. The summed E-state index contributed by atoms with van der Waals surface area (Å²) >= 11 is 0. The SMILES string of the molecule is CO[C@@H]1C[C@H]2OC[C@@H](O1)[C@H]2O. The monoisotopic (exact) mass is 160 g/mol. The Morgan fingerprint density at radius 3 is 2.91 bits per heavy atom. The third kappa shape index (κ3) is 1.16. The van der Waals surface area contributed by atoms with Crippen LogP contribution < -0.4 is 0 Å². The lowest BCUT2D eigenvalue weighted by atomic mass is 10.1. The topological polar surface area (TPSA) is 47.9 Å². The molecule has 0 aromatic heterocycles. The number of methoxy groups -OCH3 is 1. The fourth-order valence-corrected chi connectivity index (χ4v) is 1.57. The first-order chi connectivity index (χ1) is 5.31. The minimum Gasteiger partial charge on any atom is -0.388 e. The summed E-state index contributed by atoms with van der Waals surface area (Å²) in [5.41, 5.74) is 0. The van der Waals surface area contributed by atoms with Gasteiger partial charge < -0.3 is 19.3 Å². The van der Waals surface area contributed by atoms with Gasteiger partial charge in [-0.2, -0.15) is 0 Å². The lowest BCUT2D eigenvalue weighted by Gasteiger charge is -2.29. The van der Waals surface area contributed by atoms with E-state index in [2.05, 4.69) is 0 Å². The molecule has 0 spiro atoms. The number of hydrogen-bond donors (Lipinski definition) is 1. The molecule has 4 heteroatoms. The fraction of sp³-hybridized carbons (Fsp3) is 1.00. The van der Waals surface area contributed by atoms with Crippen LogP contribution in [0.3, 0.4) is 0 Å². The van der Waals surface area contributed by atoms with Crippen LogP contribution in [-0.4, -0.2) is 43.4 Å². The first-order valence-electron chi connectivity index (χ1n) is 3.79. The Balaban J connectivity index is 2.02. The Kier molecular flexibility index (Phi) is 1.85. The molecule has 0 unspecified atom stereocenters. The average Bonchev–Trinajstić information content (AvgIpc) is 2.26. The highest BCUT2D eigenvalue weighted by Gasteiger charge is 2.44. The largest absolute Gasteiger partial charge is 0.388 e. The second-order valence-electron chi connectivity index (χ2n) is 2.94. The molecule has 2 saturated heterocycles. The molecule has 2 fully saturated rings. The van der Waals surface area contributed by atoms with Gasteiger partial charge in [-0.1, -0.05) is 0 Å². The van der Waals surface area contributed by atoms with Crippen LogP contribution in [0.25, 0.3) is 0 Å². The van der Waals surface area contributed by atoms with Gasteiger partial charge in [0.25, 0.3) is 0 Å². The van der Waals surface area contributed by atoms with Gasteiger partial charge in [-0.25, -0.2) is 0 Å². The maximum absolute atomic E-state index is 9.42. The number of aliphatic hydroxyl groups is 1. The molecule has 2 heterocycles. The molecule has 0 saturated carbocycles. The van der Waals surface area contributed by atoms with Crippen LogP contribution in [0.5, 0.6) is 0 Å². The molecule has 2 bridgehead atoms. The summed E-state index contributed by atoms with van der Waals surface area (Å²) in [5, 5.41) is 9.42. The molecule has 4 atom stereocenters. The van der Waals surface area contributed by atoms with Crippen molar-refractivity contribution in [3.05, 3.63) is 0 Å². The summed E-state index contributed by atoms with van der Waals surface area (Å²) in [6, 6.07) is 0. The van der Waals surface area contributed by atoms with E-state index >= 15 is 0 Å². The number of rotatable bonds is 1. The third-order valence-electron chi connectivity index (χ3n) is 2.25. The van der Waals surface area contributed by atoms with Crippen molar-refractivity contribution >= 4 is 0 Å². The van der Waals surface area contributed by atoms with Crippen LogP contribution in [0.1, 0.15) is 6.42 Å². The number of aliphatic hydroxyl groups excluding tert-OH is 1. The van der Waals surface area contributed by atoms with Gasteiger partial charge >= 0.3 is 0 Å². The van der Waals surface area contributed by atoms with Gasteiger partial charge in [0.05, 0.1) is 12.7 Å². The summed E-state index contributed by atoms with van der Waals surface area (Å²) in [5.74, 6) is 0. The summed E-state index contributed by atoms with van der Waals surface area (Å²) in [4.78, 5) is 0. The molecule has 0 amide bonds. The van der Waals surface area contributed by atoms with Crippen LogP contribution in [0.4, 0.5) is 0 Å². The highest BCUT2D eigenvalue weighted by Crippen LogP contribution is 2.28. The molecule has 2 rings (SSSR count). The van der Waals surface area contributed by atoms with E-state index in [9.17, 15) is 5.11 Å². The van der Waals surface area contributed by atoms with Crippen molar-refractivity contribution in [1.29, 1.82) is 0 Å². The minimum absolute atomic E-state index is 0.0845. The van der Waals surface area contributed by atoms with Crippen LogP contribution in [0.2, 0.25) is 0 Å². The maximum Gasteiger partial charge on any atom is 0.160 e. The predicted octanol–water partition coefficient (Wildman–Crippen LogP) is -0.493. The lowest BCUT2D eigenvalue weighted by Crippen LogP contribution is -2.43. The molecule has 0 aromatic carbocycles. The average molecular weight is 160 g/mol. The van der Waals surface area contributed by atoms with E-state index < -0.39 is 6.10 Å². The van der Waals surface area contributed by atoms with Crippen molar-refractivity contribution in [2.75, 3.05) is 13.7 Å². The zero-order valence-corrected chi connectivity index (χ0v) is 6.40. The van der Waals surface area contributed by atoms with Crippen molar-refractivity contribution in [2.24, 2.45) is 0 Å². The van der Waals surface area contributed by atoms with Crippen molar-refractivity contribution in [2.45, 2.75) is 31.0 Å². The number of fused-ring (bicyclic) bond motifs is 2. The Morgan fingerprint density at radius 2 is 2.27 bits per heavy atom. The van der Waals surface area contributed by atoms with E-state index in [0.29, 0.717) is 13.0 Å². The van der Waals surface area contributed by atoms with Gasteiger partial charge in [0, 0.05) is 13.5 Å². The number of hydrogen-bond acceptors (Lipinski definition) is 4. The van der Waals surface area contributed by atoms with Gasteiger partial charge in [0.2, 0.25) is 0 Å². The maximum atomic E-state index is 9.42. The predicted molar refractivity (Wildman–Crippen MR) is 36.0 cm³/mol. The second kappa shape index (κ2) is 2.71. The van der Waals surface area contributed by atoms with Gasteiger partial charge in [0.15, 0.2) is 6.29 Å². The van der Waals surface area contributed by atoms with Crippen LogP contribution in [-0.2, 0) is 14.2 Å². The second-order valence-corrected chi connectivity index (χ2v) is 2.94. The molecular weight excluding hydrogens is 148 g/mol. The molecule has 64 valence electrons. The van der Waals surface area contributed by atoms with E-state index in [1.807, 2.05) is 0 Å². The molecule has 0 aromatic rings. The summed E-state index contributed by atoms with van der Waals surface area (Å²) < 4.78 is 15.6. The standard InChI is InChI=1S/C7H12O4/c1-9-6-2-4-7(8)5(11-6)3-10-4/h4-8H,2-3H2,1H3/t4-,5-,6+,7+/m1/s1. The molecule has 2 aliphatic rings. The first kappa shape index (κ1) is 7.49. The summed E-state index contributed by atoms with van der Waals surface area (Å²) in [6.07, 6.45) is -0.288. The van der Waals surface area contributed by atoms with E-state index in [1.54, 1.807) is 7.11 Å². The molecule has 1 N–H and O–H groups in total. The first-order valence-corrected chi connectivity index (χ1v) is 3.79. The highest BCUT2D eigenvalue weighted by atomic mass is 16.7. The summed E-state index contributed by atoms with van der Waals surface area (Å²) in [6.45, 7) is 0.492. The van der Waals surface area contributed by atoms with E-state index in [1.165, 1.54) is 0 Å². The lowest BCUT2D eigenvalue weighted by molar-refractivity contribution is -0.201. The Labute approximate surface area is 65.1 Å². The minimum atomic E-state index is -0.457. The molecule has 4 nitrogen and oxygen atoms in total. The Bertz CT molecular complexity index is 135. The van der Waals surface area contributed by atoms with Crippen molar-refractivity contribution in [3.8, 4) is 0 Å². The highest BCUT2D eigenvalue weighted by molar-refractivity contribution is 4.89. The number of ether oxygens (including phenoxy) is 3. The van der Waals surface area contributed by atoms with Crippen LogP contribution in [0, 0.1) is 0 Å².